The molecule has 2 aromatic rings. The highest BCUT2D eigenvalue weighted by Crippen LogP contribution is 2.20. The molecule has 0 bridgehead atoms. The minimum absolute atomic E-state index is 0.830. The van der Waals surface area contributed by atoms with E-state index in [2.05, 4.69) is 50.5 Å². The monoisotopic (exact) mass is 424 g/mol. The zero-order valence-electron chi connectivity index (χ0n) is 18.9. The number of nitrogens with one attached hydrogen (secondary N) is 2. The van der Waals surface area contributed by atoms with Gasteiger partial charge in [-0.2, -0.15) is 0 Å². The van der Waals surface area contributed by atoms with Crippen molar-refractivity contribution in [2.24, 2.45) is 4.99 Å². The van der Waals surface area contributed by atoms with Crippen LogP contribution in [0.1, 0.15) is 19.0 Å². The summed E-state index contributed by atoms with van der Waals surface area (Å²) in [5.74, 6) is 1.80. The first kappa shape index (κ1) is 22.9. The van der Waals surface area contributed by atoms with Crippen LogP contribution >= 0.6 is 0 Å². The maximum absolute atomic E-state index is 5.25. The molecule has 0 radical (unpaired) electrons. The van der Waals surface area contributed by atoms with Crippen LogP contribution in [-0.4, -0.2) is 75.3 Å². The van der Waals surface area contributed by atoms with Gasteiger partial charge in [0, 0.05) is 76.4 Å². The molecule has 2 heterocycles. The summed E-state index contributed by atoms with van der Waals surface area (Å²) in [6.07, 6.45) is 3.80. The fourth-order valence-electron chi connectivity index (χ4n) is 3.70. The molecule has 0 saturated carbocycles. The van der Waals surface area contributed by atoms with Gasteiger partial charge in [0.15, 0.2) is 5.96 Å². The maximum Gasteiger partial charge on any atom is 0.191 e. The number of piperazine rings is 1. The fraction of sp³-hybridized carbons (Fsp3) is 0.500. The number of anilines is 1. The van der Waals surface area contributed by atoms with Crippen molar-refractivity contribution < 1.29 is 4.74 Å². The molecule has 31 heavy (non-hydrogen) atoms. The standard InChI is InChI=1S/C24H36N6O/c1-3-25-24(28-15-12-21-7-4-5-13-26-21)27-14-6-16-29-17-19-30(20-18-29)22-8-10-23(31-2)11-9-22/h4-5,7-11,13H,3,6,12,14-20H2,1-2H3,(H2,25,27,28). The van der Waals surface area contributed by atoms with Crippen LogP contribution in [-0.2, 0) is 6.42 Å². The number of ether oxygens (including phenoxy) is 1. The molecular formula is C24H36N6O. The Bertz CT molecular complexity index is 772. The molecule has 0 unspecified atom stereocenters. The van der Waals surface area contributed by atoms with E-state index in [1.54, 1.807) is 7.11 Å². The third-order valence-corrected chi connectivity index (χ3v) is 5.46. The Hall–Kier alpha value is -2.80. The van der Waals surface area contributed by atoms with E-state index in [-0.39, 0.29) is 0 Å². The number of pyridine rings is 1. The first-order valence-electron chi connectivity index (χ1n) is 11.3. The third-order valence-electron chi connectivity index (χ3n) is 5.46. The molecule has 1 aromatic heterocycles. The lowest BCUT2D eigenvalue weighted by Gasteiger charge is -2.36. The molecule has 1 aliphatic rings. The number of hydrogen-bond acceptors (Lipinski definition) is 5. The molecule has 7 nitrogen and oxygen atoms in total. The number of guanidine groups is 1. The lowest BCUT2D eigenvalue weighted by Crippen LogP contribution is -2.46. The SMILES string of the molecule is CCNC(=NCCCN1CCN(c2ccc(OC)cc2)CC1)NCCc1ccccn1. The fourth-order valence-corrected chi connectivity index (χ4v) is 3.70. The summed E-state index contributed by atoms with van der Waals surface area (Å²) in [7, 11) is 1.71. The van der Waals surface area contributed by atoms with Gasteiger partial charge < -0.3 is 20.3 Å². The minimum Gasteiger partial charge on any atom is -0.497 e. The average Bonchev–Trinajstić information content (AvgIpc) is 2.83. The summed E-state index contributed by atoms with van der Waals surface area (Å²) in [5, 5.41) is 6.74. The number of nitrogens with zero attached hydrogens (tertiary/aromatic N) is 4. The molecule has 7 heteroatoms. The van der Waals surface area contributed by atoms with Crippen LogP contribution in [0, 0.1) is 0 Å². The number of methoxy groups -OCH3 is 1. The maximum atomic E-state index is 5.25. The van der Waals surface area contributed by atoms with Crippen LogP contribution in [0.2, 0.25) is 0 Å². The number of aliphatic imine (C=N–C) groups is 1. The lowest BCUT2D eigenvalue weighted by molar-refractivity contribution is 0.256. The van der Waals surface area contributed by atoms with Gasteiger partial charge in [-0.05, 0) is 49.7 Å². The Morgan fingerprint density at radius 3 is 2.55 bits per heavy atom. The van der Waals surface area contributed by atoms with Crippen LogP contribution in [0.4, 0.5) is 5.69 Å². The zero-order chi connectivity index (χ0) is 21.7. The van der Waals surface area contributed by atoms with Gasteiger partial charge in [0.05, 0.1) is 7.11 Å². The molecular weight excluding hydrogens is 388 g/mol. The minimum atomic E-state index is 0.830. The predicted octanol–water partition coefficient (Wildman–Crippen LogP) is 2.40. The summed E-state index contributed by atoms with van der Waals surface area (Å²) >= 11 is 0. The largest absolute Gasteiger partial charge is 0.497 e. The van der Waals surface area contributed by atoms with E-state index in [0.717, 1.165) is 82.6 Å². The highest BCUT2D eigenvalue weighted by atomic mass is 16.5. The lowest BCUT2D eigenvalue weighted by atomic mass is 10.2. The summed E-state index contributed by atoms with van der Waals surface area (Å²) in [4.78, 5) is 14.1. The van der Waals surface area contributed by atoms with Crippen molar-refractivity contribution in [2.45, 2.75) is 19.8 Å². The van der Waals surface area contributed by atoms with Crippen molar-refractivity contribution in [3.05, 3.63) is 54.4 Å². The van der Waals surface area contributed by atoms with E-state index < -0.39 is 0 Å². The highest BCUT2D eigenvalue weighted by molar-refractivity contribution is 5.79. The van der Waals surface area contributed by atoms with Crippen LogP contribution in [0.3, 0.4) is 0 Å². The van der Waals surface area contributed by atoms with Gasteiger partial charge in [-0.1, -0.05) is 6.07 Å². The van der Waals surface area contributed by atoms with E-state index in [9.17, 15) is 0 Å². The number of benzene rings is 1. The van der Waals surface area contributed by atoms with Gasteiger partial charge in [0.25, 0.3) is 0 Å². The molecule has 0 aliphatic carbocycles. The van der Waals surface area contributed by atoms with E-state index >= 15 is 0 Å². The van der Waals surface area contributed by atoms with Crippen molar-refractivity contribution in [1.82, 2.24) is 20.5 Å². The zero-order valence-corrected chi connectivity index (χ0v) is 18.9. The molecule has 3 rings (SSSR count). The second-order valence-corrected chi connectivity index (χ2v) is 7.64. The molecule has 0 atom stereocenters. The van der Waals surface area contributed by atoms with Gasteiger partial charge in [-0.25, -0.2) is 0 Å². The van der Waals surface area contributed by atoms with E-state index in [1.165, 1.54) is 5.69 Å². The summed E-state index contributed by atoms with van der Waals surface area (Å²) in [6, 6.07) is 14.4. The Morgan fingerprint density at radius 1 is 1.06 bits per heavy atom. The van der Waals surface area contributed by atoms with E-state index in [0.29, 0.717) is 0 Å². The van der Waals surface area contributed by atoms with Crippen LogP contribution in [0.25, 0.3) is 0 Å². The van der Waals surface area contributed by atoms with Crippen molar-refractivity contribution >= 4 is 11.6 Å². The average molecular weight is 425 g/mol. The van der Waals surface area contributed by atoms with E-state index in [1.807, 2.05) is 30.5 Å². The Morgan fingerprint density at radius 2 is 1.87 bits per heavy atom. The van der Waals surface area contributed by atoms with Crippen molar-refractivity contribution in [1.29, 1.82) is 0 Å². The smallest absolute Gasteiger partial charge is 0.191 e. The Balaban J connectivity index is 1.34. The Kier molecular flexibility index (Phi) is 9.44. The molecule has 1 aromatic carbocycles. The number of rotatable bonds is 10. The molecule has 1 aliphatic heterocycles. The quantitative estimate of drug-likeness (QED) is 0.347. The summed E-state index contributed by atoms with van der Waals surface area (Å²) in [5.41, 5.74) is 2.37. The number of aromatic nitrogens is 1. The summed E-state index contributed by atoms with van der Waals surface area (Å²) in [6.45, 7) is 10.0. The molecule has 1 saturated heterocycles. The molecule has 2 N–H and O–H groups in total. The third kappa shape index (κ3) is 7.75. The molecule has 0 spiro atoms. The first-order chi connectivity index (χ1) is 15.3. The second-order valence-electron chi connectivity index (χ2n) is 7.64. The summed E-state index contributed by atoms with van der Waals surface area (Å²) < 4.78 is 5.25. The van der Waals surface area contributed by atoms with Gasteiger partial charge in [-0.15, -0.1) is 0 Å². The topological polar surface area (TPSA) is 65.0 Å². The van der Waals surface area contributed by atoms with Gasteiger partial charge in [-0.3, -0.25) is 14.9 Å². The van der Waals surface area contributed by atoms with Gasteiger partial charge >= 0.3 is 0 Å². The molecule has 0 amide bonds. The predicted molar refractivity (Wildman–Crippen MR) is 128 cm³/mol. The molecule has 1 fully saturated rings. The van der Waals surface area contributed by atoms with Crippen molar-refractivity contribution in [3.8, 4) is 5.75 Å². The number of hydrogen-bond donors (Lipinski definition) is 2. The van der Waals surface area contributed by atoms with E-state index in [4.69, 9.17) is 9.73 Å². The van der Waals surface area contributed by atoms with Crippen LogP contribution < -0.4 is 20.3 Å². The van der Waals surface area contributed by atoms with Gasteiger partial charge in [0.2, 0.25) is 0 Å². The van der Waals surface area contributed by atoms with Crippen molar-refractivity contribution in [3.63, 3.8) is 0 Å². The Labute approximate surface area is 186 Å². The second kappa shape index (κ2) is 12.8. The van der Waals surface area contributed by atoms with Crippen LogP contribution in [0.15, 0.2) is 53.7 Å². The van der Waals surface area contributed by atoms with Crippen LogP contribution in [0.5, 0.6) is 5.75 Å². The molecule has 168 valence electrons. The van der Waals surface area contributed by atoms with Gasteiger partial charge in [0.1, 0.15) is 5.75 Å². The first-order valence-corrected chi connectivity index (χ1v) is 11.3. The van der Waals surface area contributed by atoms with Crippen molar-refractivity contribution in [2.75, 3.05) is 64.4 Å². The highest BCUT2D eigenvalue weighted by Gasteiger charge is 2.16. The normalized spacial score (nSPS) is 15.0.